The van der Waals surface area contributed by atoms with Gasteiger partial charge in [0.25, 0.3) is 0 Å². The van der Waals surface area contributed by atoms with Crippen LogP contribution in [0.4, 0.5) is 0 Å². The van der Waals surface area contributed by atoms with E-state index in [2.05, 4.69) is 41.4 Å². The molecule has 3 aromatic rings. The Labute approximate surface area is 149 Å². The molecule has 0 fully saturated rings. The third-order valence-corrected chi connectivity index (χ3v) is 5.16. The predicted molar refractivity (Wildman–Crippen MR) is 96.9 cm³/mol. The number of halogens is 2. The summed E-state index contributed by atoms with van der Waals surface area (Å²) in [6.45, 7) is 4.01. The van der Waals surface area contributed by atoms with Crippen molar-refractivity contribution in [2.45, 2.75) is 24.8 Å². The van der Waals surface area contributed by atoms with Gasteiger partial charge in [0.1, 0.15) is 5.82 Å². The number of hydrogen-bond donors (Lipinski definition) is 0. The van der Waals surface area contributed by atoms with Gasteiger partial charge in [0.05, 0.1) is 0 Å². The van der Waals surface area contributed by atoms with E-state index in [1.807, 2.05) is 29.7 Å². The van der Waals surface area contributed by atoms with Crippen molar-refractivity contribution in [3.8, 4) is 5.69 Å². The van der Waals surface area contributed by atoms with E-state index in [-0.39, 0.29) is 0 Å². The molecule has 6 heteroatoms. The Bertz CT molecular complexity index is 808. The molecule has 0 aliphatic carbocycles. The molecule has 3 nitrogen and oxygen atoms in total. The molecule has 0 aliphatic rings. The van der Waals surface area contributed by atoms with Crippen molar-refractivity contribution in [1.29, 1.82) is 0 Å². The quantitative estimate of drug-likeness (QED) is 0.574. The summed E-state index contributed by atoms with van der Waals surface area (Å²) < 4.78 is 2.04. The number of thioether (sulfide) groups is 1. The van der Waals surface area contributed by atoms with Gasteiger partial charge in [-0.25, -0.2) is 0 Å². The summed E-state index contributed by atoms with van der Waals surface area (Å²) in [5, 5.41) is 10.6. The van der Waals surface area contributed by atoms with Crippen molar-refractivity contribution in [3.05, 3.63) is 69.5 Å². The van der Waals surface area contributed by atoms with Crippen LogP contribution in [0.15, 0.2) is 47.6 Å². The molecular weight excluding hydrogens is 349 g/mol. The first kappa shape index (κ1) is 16.4. The summed E-state index contributed by atoms with van der Waals surface area (Å²) in [6, 6.07) is 13.8. The van der Waals surface area contributed by atoms with E-state index < -0.39 is 0 Å². The van der Waals surface area contributed by atoms with E-state index in [9.17, 15) is 0 Å². The fourth-order valence-corrected chi connectivity index (χ4v) is 3.97. The van der Waals surface area contributed by atoms with Crippen molar-refractivity contribution in [2.75, 3.05) is 0 Å². The predicted octanol–water partition coefficient (Wildman–Crippen LogP) is 5.48. The topological polar surface area (TPSA) is 30.7 Å². The molecule has 3 rings (SSSR count). The molecule has 0 saturated heterocycles. The zero-order chi connectivity index (χ0) is 16.4. The van der Waals surface area contributed by atoms with Gasteiger partial charge >= 0.3 is 0 Å². The molecule has 0 aliphatic heterocycles. The van der Waals surface area contributed by atoms with E-state index in [0.717, 1.165) is 22.2 Å². The summed E-state index contributed by atoms with van der Waals surface area (Å²) in [7, 11) is 0. The van der Waals surface area contributed by atoms with E-state index >= 15 is 0 Å². The molecule has 2 aromatic carbocycles. The van der Waals surface area contributed by atoms with Crippen LogP contribution in [0.5, 0.6) is 0 Å². The number of aryl methyl sites for hydroxylation is 2. The van der Waals surface area contributed by atoms with Crippen LogP contribution in [0.3, 0.4) is 0 Å². The molecule has 1 heterocycles. The van der Waals surface area contributed by atoms with Crippen LogP contribution in [0.1, 0.15) is 17.0 Å². The van der Waals surface area contributed by atoms with Gasteiger partial charge in [-0.2, -0.15) is 0 Å². The zero-order valence-corrected chi connectivity index (χ0v) is 15.1. The molecule has 0 atom stereocenters. The molecule has 0 spiro atoms. The highest BCUT2D eigenvalue weighted by molar-refractivity contribution is 7.98. The first-order valence-electron chi connectivity index (χ1n) is 7.11. The monoisotopic (exact) mass is 363 g/mol. The van der Waals surface area contributed by atoms with Gasteiger partial charge in [-0.05, 0) is 43.7 Å². The first-order valence-corrected chi connectivity index (χ1v) is 8.85. The lowest BCUT2D eigenvalue weighted by Crippen LogP contribution is -1.99. The third kappa shape index (κ3) is 3.55. The Morgan fingerprint density at radius 2 is 1.61 bits per heavy atom. The van der Waals surface area contributed by atoms with E-state index in [0.29, 0.717) is 15.8 Å². The number of benzene rings is 2. The maximum absolute atomic E-state index is 6.23. The Balaban J connectivity index is 1.89. The second kappa shape index (κ2) is 6.95. The number of hydrogen-bond acceptors (Lipinski definition) is 3. The molecule has 118 valence electrons. The fourth-order valence-electron chi connectivity index (χ4n) is 2.23. The fraction of sp³-hybridized carbons (Fsp3) is 0.176. The largest absolute Gasteiger partial charge is 0.274 e. The van der Waals surface area contributed by atoms with Gasteiger partial charge in [-0.1, -0.05) is 58.7 Å². The molecule has 0 N–H and O–H groups in total. The Kier molecular flexibility index (Phi) is 4.95. The standard InChI is InChI=1S/C17H15Cl2N3S/c1-11-6-8-13(9-7-11)22-12(2)20-21-17(22)23-10-14-15(18)4-3-5-16(14)19/h3-9H,10H2,1-2H3. The van der Waals surface area contributed by atoms with Gasteiger partial charge in [0.2, 0.25) is 0 Å². The molecule has 0 saturated carbocycles. The van der Waals surface area contributed by atoms with Crippen LogP contribution in [0.2, 0.25) is 10.0 Å². The minimum Gasteiger partial charge on any atom is -0.274 e. The van der Waals surface area contributed by atoms with Crippen molar-refractivity contribution in [1.82, 2.24) is 14.8 Å². The van der Waals surface area contributed by atoms with Crippen LogP contribution < -0.4 is 0 Å². The van der Waals surface area contributed by atoms with Crippen molar-refractivity contribution >= 4 is 35.0 Å². The molecule has 0 bridgehead atoms. The molecule has 23 heavy (non-hydrogen) atoms. The maximum Gasteiger partial charge on any atom is 0.196 e. The van der Waals surface area contributed by atoms with Crippen LogP contribution >= 0.6 is 35.0 Å². The average Bonchev–Trinajstić information content (AvgIpc) is 2.89. The molecular formula is C17H15Cl2N3S. The maximum atomic E-state index is 6.23. The van der Waals surface area contributed by atoms with E-state index in [1.54, 1.807) is 11.8 Å². The number of nitrogens with zero attached hydrogens (tertiary/aromatic N) is 3. The van der Waals surface area contributed by atoms with Crippen molar-refractivity contribution < 1.29 is 0 Å². The smallest absolute Gasteiger partial charge is 0.196 e. The zero-order valence-electron chi connectivity index (χ0n) is 12.8. The van der Waals surface area contributed by atoms with E-state index in [1.165, 1.54) is 5.56 Å². The summed E-state index contributed by atoms with van der Waals surface area (Å²) in [5.74, 6) is 1.49. The lowest BCUT2D eigenvalue weighted by Gasteiger charge is -2.10. The summed E-state index contributed by atoms with van der Waals surface area (Å²) in [4.78, 5) is 0. The minimum atomic E-state index is 0.641. The highest BCUT2D eigenvalue weighted by atomic mass is 35.5. The van der Waals surface area contributed by atoms with Gasteiger partial charge in [-0.15, -0.1) is 10.2 Å². The summed E-state index contributed by atoms with van der Waals surface area (Å²) in [5.41, 5.74) is 3.18. The first-order chi connectivity index (χ1) is 11.1. The van der Waals surface area contributed by atoms with Crippen LogP contribution in [-0.4, -0.2) is 14.8 Å². The highest BCUT2D eigenvalue weighted by Gasteiger charge is 2.13. The van der Waals surface area contributed by atoms with Gasteiger partial charge in [0.15, 0.2) is 5.16 Å². The van der Waals surface area contributed by atoms with Crippen LogP contribution in [0, 0.1) is 13.8 Å². The van der Waals surface area contributed by atoms with Gasteiger partial charge < -0.3 is 0 Å². The van der Waals surface area contributed by atoms with Crippen molar-refractivity contribution in [2.24, 2.45) is 0 Å². The number of rotatable bonds is 4. The second-order valence-electron chi connectivity index (χ2n) is 5.19. The third-order valence-electron chi connectivity index (χ3n) is 3.49. The van der Waals surface area contributed by atoms with Crippen molar-refractivity contribution in [3.63, 3.8) is 0 Å². The Morgan fingerprint density at radius 1 is 0.957 bits per heavy atom. The van der Waals surface area contributed by atoms with Gasteiger partial charge in [0, 0.05) is 21.5 Å². The average molecular weight is 364 g/mol. The lowest BCUT2D eigenvalue weighted by atomic mass is 10.2. The van der Waals surface area contributed by atoms with Crippen LogP contribution in [0.25, 0.3) is 5.69 Å². The van der Waals surface area contributed by atoms with E-state index in [4.69, 9.17) is 23.2 Å². The summed E-state index contributed by atoms with van der Waals surface area (Å²) >= 11 is 14.0. The molecule has 0 radical (unpaired) electrons. The Morgan fingerprint density at radius 3 is 2.26 bits per heavy atom. The number of aromatic nitrogens is 3. The SMILES string of the molecule is Cc1ccc(-n2c(C)nnc2SCc2c(Cl)cccc2Cl)cc1. The second-order valence-corrected chi connectivity index (χ2v) is 6.95. The lowest BCUT2D eigenvalue weighted by molar-refractivity contribution is 0.868. The molecule has 1 aromatic heterocycles. The Hall–Kier alpha value is -1.49. The highest BCUT2D eigenvalue weighted by Crippen LogP contribution is 2.32. The van der Waals surface area contributed by atoms with Crippen LogP contribution in [-0.2, 0) is 5.75 Å². The minimum absolute atomic E-state index is 0.641. The summed E-state index contributed by atoms with van der Waals surface area (Å²) in [6.07, 6.45) is 0. The molecule has 0 unspecified atom stereocenters. The van der Waals surface area contributed by atoms with Gasteiger partial charge in [-0.3, -0.25) is 4.57 Å². The molecule has 0 amide bonds. The normalized spacial score (nSPS) is 11.0.